The number of ether oxygens (including phenoxy) is 1. The minimum atomic E-state index is -0.0950. The first-order chi connectivity index (χ1) is 11.1. The van der Waals surface area contributed by atoms with Crippen molar-refractivity contribution in [2.24, 2.45) is 0 Å². The standard InChI is InChI=1S/C19H20N2O2/c1-14-11-15(2)13-18(12-14)23-10-8-19(22)21-17-5-3-16(4-6-17)7-9-20/h3-6,11-13H,7-8,10H2,1-2H3,(H,21,22). The van der Waals surface area contributed by atoms with Gasteiger partial charge in [-0.3, -0.25) is 4.79 Å². The van der Waals surface area contributed by atoms with Gasteiger partial charge in [-0.1, -0.05) is 18.2 Å². The number of nitriles is 1. The van der Waals surface area contributed by atoms with Crippen molar-refractivity contribution < 1.29 is 9.53 Å². The molecule has 0 aliphatic carbocycles. The van der Waals surface area contributed by atoms with Gasteiger partial charge in [0, 0.05) is 5.69 Å². The highest BCUT2D eigenvalue weighted by atomic mass is 16.5. The Bertz CT molecular complexity index is 695. The SMILES string of the molecule is Cc1cc(C)cc(OCCC(=O)Nc2ccc(CC#N)cc2)c1. The Kier molecular flexibility index (Phi) is 5.76. The van der Waals surface area contributed by atoms with Crippen molar-refractivity contribution in [2.75, 3.05) is 11.9 Å². The van der Waals surface area contributed by atoms with Crippen molar-refractivity contribution in [1.29, 1.82) is 5.26 Å². The average Bonchev–Trinajstić information content (AvgIpc) is 2.48. The average molecular weight is 308 g/mol. The van der Waals surface area contributed by atoms with Crippen LogP contribution in [0.2, 0.25) is 0 Å². The zero-order chi connectivity index (χ0) is 16.7. The van der Waals surface area contributed by atoms with Gasteiger partial charge in [0.2, 0.25) is 5.91 Å². The monoisotopic (exact) mass is 308 g/mol. The lowest BCUT2D eigenvalue weighted by molar-refractivity contribution is -0.116. The molecule has 118 valence electrons. The van der Waals surface area contributed by atoms with Gasteiger partial charge in [-0.25, -0.2) is 0 Å². The summed E-state index contributed by atoms with van der Waals surface area (Å²) < 4.78 is 5.63. The van der Waals surface area contributed by atoms with Crippen LogP contribution in [0.1, 0.15) is 23.1 Å². The van der Waals surface area contributed by atoms with Gasteiger partial charge in [0.1, 0.15) is 5.75 Å². The van der Waals surface area contributed by atoms with Gasteiger partial charge in [0.15, 0.2) is 0 Å². The lowest BCUT2D eigenvalue weighted by Gasteiger charge is -2.09. The first kappa shape index (κ1) is 16.6. The van der Waals surface area contributed by atoms with E-state index in [1.165, 1.54) is 0 Å². The number of hydrogen-bond donors (Lipinski definition) is 1. The van der Waals surface area contributed by atoms with E-state index >= 15 is 0 Å². The maximum Gasteiger partial charge on any atom is 0.227 e. The summed E-state index contributed by atoms with van der Waals surface area (Å²) in [5, 5.41) is 11.4. The summed E-state index contributed by atoms with van der Waals surface area (Å²) in [4.78, 5) is 11.9. The Balaban J connectivity index is 1.79. The molecule has 0 saturated carbocycles. The molecule has 0 heterocycles. The van der Waals surface area contributed by atoms with Crippen molar-refractivity contribution in [3.05, 3.63) is 59.2 Å². The Morgan fingerprint density at radius 1 is 1.13 bits per heavy atom. The van der Waals surface area contributed by atoms with Crippen molar-refractivity contribution >= 4 is 11.6 Å². The second kappa shape index (κ2) is 8.00. The van der Waals surface area contributed by atoms with Gasteiger partial charge < -0.3 is 10.1 Å². The molecule has 0 aliphatic heterocycles. The van der Waals surface area contributed by atoms with E-state index in [0.29, 0.717) is 13.0 Å². The fourth-order valence-electron chi connectivity index (χ4n) is 2.30. The van der Waals surface area contributed by atoms with Crippen LogP contribution in [0.3, 0.4) is 0 Å². The number of aryl methyl sites for hydroxylation is 2. The third-order valence-corrected chi connectivity index (χ3v) is 3.31. The molecule has 4 heteroatoms. The van der Waals surface area contributed by atoms with Crippen LogP contribution in [0, 0.1) is 25.2 Å². The molecule has 0 radical (unpaired) electrons. The number of benzene rings is 2. The molecule has 0 saturated heterocycles. The summed E-state index contributed by atoms with van der Waals surface area (Å²) in [7, 11) is 0. The van der Waals surface area contributed by atoms with Crippen LogP contribution in [0.5, 0.6) is 5.75 Å². The summed E-state index contributed by atoms with van der Waals surface area (Å²) in [6.45, 7) is 4.37. The Hall–Kier alpha value is -2.80. The molecule has 0 unspecified atom stereocenters. The fraction of sp³-hybridized carbons (Fsp3) is 0.263. The molecule has 1 amide bonds. The van der Waals surface area contributed by atoms with Crippen LogP contribution >= 0.6 is 0 Å². The van der Waals surface area contributed by atoms with Gasteiger partial charge in [-0.15, -0.1) is 0 Å². The van der Waals surface area contributed by atoms with E-state index in [1.807, 2.05) is 38.1 Å². The molecule has 1 N–H and O–H groups in total. The Morgan fingerprint density at radius 2 is 1.78 bits per heavy atom. The molecule has 0 aromatic heterocycles. The van der Waals surface area contributed by atoms with E-state index in [0.717, 1.165) is 28.1 Å². The number of nitrogens with one attached hydrogen (secondary N) is 1. The molecule has 0 atom stereocenters. The number of amides is 1. The van der Waals surface area contributed by atoms with Gasteiger partial charge in [-0.05, 0) is 54.8 Å². The normalized spacial score (nSPS) is 9.96. The minimum absolute atomic E-state index is 0.0950. The molecule has 2 aromatic carbocycles. The maximum atomic E-state index is 11.9. The van der Waals surface area contributed by atoms with Crippen LogP contribution in [0.4, 0.5) is 5.69 Å². The second-order valence-corrected chi connectivity index (χ2v) is 5.50. The van der Waals surface area contributed by atoms with Crippen LogP contribution in [-0.4, -0.2) is 12.5 Å². The zero-order valence-electron chi connectivity index (χ0n) is 13.4. The molecular formula is C19H20N2O2. The maximum absolute atomic E-state index is 11.9. The molecular weight excluding hydrogens is 288 g/mol. The second-order valence-electron chi connectivity index (χ2n) is 5.50. The Labute approximate surface area is 136 Å². The topological polar surface area (TPSA) is 62.1 Å². The van der Waals surface area contributed by atoms with E-state index in [4.69, 9.17) is 10.00 Å². The first-order valence-corrected chi connectivity index (χ1v) is 7.53. The third-order valence-electron chi connectivity index (χ3n) is 3.31. The van der Waals surface area contributed by atoms with Gasteiger partial charge in [0.25, 0.3) is 0 Å². The molecule has 4 nitrogen and oxygen atoms in total. The smallest absolute Gasteiger partial charge is 0.227 e. The van der Waals surface area contributed by atoms with E-state index in [9.17, 15) is 4.79 Å². The number of rotatable bonds is 6. The predicted molar refractivity (Wildman–Crippen MR) is 90.4 cm³/mol. The van der Waals surface area contributed by atoms with Gasteiger partial charge in [-0.2, -0.15) is 5.26 Å². The highest BCUT2D eigenvalue weighted by Gasteiger charge is 2.04. The number of carbonyl (C=O) groups excluding carboxylic acids is 1. The van der Waals surface area contributed by atoms with Crippen molar-refractivity contribution in [3.8, 4) is 11.8 Å². The summed E-state index contributed by atoms with van der Waals surface area (Å²) in [6.07, 6.45) is 0.658. The van der Waals surface area contributed by atoms with E-state index in [-0.39, 0.29) is 12.3 Å². The van der Waals surface area contributed by atoms with Gasteiger partial charge >= 0.3 is 0 Å². The lowest BCUT2D eigenvalue weighted by atomic mass is 10.1. The first-order valence-electron chi connectivity index (χ1n) is 7.53. The van der Waals surface area contributed by atoms with Crippen molar-refractivity contribution in [1.82, 2.24) is 0 Å². The highest BCUT2D eigenvalue weighted by molar-refractivity contribution is 5.90. The number of hydrogen-bond acceptors (Lipinski definition) is 3. The van der Waals surface area contributed by atoms with Crippen LogP contribution in [0.25, 0.3) is 0 Å². The van der Waals surface area contributed by atoms with Crippen LogP contribution in [-0.2, 0) is 11.2 Å². The molecule has 0 aliphatic rings. The fourth-order valence-corrected chi connectivity index (χ4v) is 2.30. The molecule has 23 heavy (non-hydrogen) atoms. The summed E-state index contributed by atoms with van der Waals surface area (Å²) in [5.74, 6) is 0.693. The number of anilines is 1. The molecule has 2 rings (SSSR count). The quantitative estimate of drug-likeness (QED) is 0.883. The van der Waals surface area contributed by atoms with Crippen LogP contribution in [0.15, 0.2) is 42.5 Å². The van der Waals surface area contributed by atoms with Crippen molar-refractivity contribution in [3.63, 3.8) is 0 Å². The van der Waals surface area contributed by atoms with Crippen LogP contribution < -0.4 is 10.1 Å². The van der Waals surface area contributed by atoms with E-state index in [1.54, 1.807) is 12.1 Å². The number of nitrogens with zero attached hydrogens (tertiary/aromatic N) is 1. The van der Waals surface area contributed by atoms with Gasteiger partial charge in [0.05, 0.1) is 25.5 Å². The summed E-state index contributed by atoms with van der Waals surface area (Å²) in [5.41, 5.74) is 3.94. The lowest BCUT2D eigenvalue weighted by Crippen LogP contribution is -2.15. The summed E-state index contributed by atoms with van der Waals surface area (Å²) in [6, 6.07) is 15.4. The molecule has 0 spiro atoms. The predicted octanol–water partition coefficient (Wildman–Crippen LogP) is 3.78. The summed E-state index contributed by atoms with van der Waals surface area (Å²) >= 11 is 0. The molecule has 0 bridgehead atoms. The highest BCUT2D eigenvalue weighted by Crippen LogP contribution is 2.16. The Morgan fingerprint density at radius 3 is 2.39 bits per heavy atom. The number of carbonyl (C=O) groups is 1. The largest absolute Gasteiger partial charge is 0.493 e. The van der Waals surface area contributed by atoms with E-state index in [2.05, 4.69) is 17.5 Å². The van der Waals surface area contributed by atoms with Crippen molar-refractivity contribution in [2.45, 2.75) is 26.7 Å². The van der Waals surface area contributed by atoms with E-state index < -0.39 is 0 Å². The molecule has 2 aromatic rings. The third kappa shape index (κ3) is 5.48. The molecule has 0 fully saturated rings. The zero-order valence-corrected chi connectivity index (χ0v) is 13.4. The minimum Gasteiger partial charge on any atom is -0.493 e.